The van der Waals surface area contributed by atoms with E-state index in [2.05, 4.69) is 46.2 Å². The lowest BCUT2D eigenvalue weighted by molar-refractivity contribution is -0.310. The number of fused-ring (bicyclic) bond motifs is 2. The summed E-state index contributed by atoms with van der Waals surface area (Å²) in [5.74, 6) is 0. The van der Waals surface area contributed by atoms with Crippen LogP contribution in [0.4, 0.5) is 17.1 Å². The number of sulfonamides is 1. The fourth-order valence-electron chi connectivity index (χ4n) is 3.30. The summed E-state index contributed by atoms with van der Waals surface area (Å²) in [5.41, 5.74) is 5.74. The van der Waals surface area contributed by atoms with Gasteiger partial charge >= 0.3 is 0 Å². The summed E-state index contributed by atoms with van der Waals surface area (Å²) < 4.78 is 25.2. The predicted octanol–water partition coefficient (Wildman–Crippen LogP) is 4.23. The van der Waals surface area contributed by atoms with Gasteiger partial charge in [-0.2, -0.15) is 0 Å². The average molecular weight is 378 g/mol. The summed E-state index contributed by atoms with van der Waals surface area (Å²) in [5, 5.41) is 5.75. The number of aryl methyl sites for hydroxylation is 1. The van der Waals surface area contributed by atoms with Gasteiger partial charge in [0.15, 0.2) is 0 Å². The van der Waals surface area contributed by atoms with Crippen LogP contribution in [0.1, 0.15) is 5.56 Å². The van der Waals surface area contributed by atoms with Gasteiger partial charge in [0.05, 0.1) is 22.7 Å². The number of aromatic amines is 1. The minimum Gasteiger partial charge on any atom is -0.354 e. The van der Waals surface area contributed by atoms with Gasteiger partial charge in [-0.05, 0) is 42.8 Å². The van der Waals surface area contributed by atoms with Gasteiger partial charge in [0, 0.05) is 23.5 Å². The number of nitrogens with one attached hydrogen (secondary N) is 3. The Hall–Kier alpha value is -3.12. The molecular formula is C21H20N3O2S+. The number of hydrogen-bond acceptors (Lipinski definition) is 3. The summed E-state index contributed by atoms with van der Waals surface area (Å²) in [6.07, 6.45) is 1.14. The Morgan fingerprint density at radius 1 is 0.815 bits per heavy atom. The first kappa shape index (κ1) is 17.3. The van der Waals surface area contributed by atoms with E-state index in [0.29, 0.717) is 5.69 Å². The highest BCUT2D eigenvalue weighted by Gasteiger charge is 2.15. The summed E-state index contributed by atoms with van der Waals surface area (Å²) >= 11 is 0. The van der Waals surface area contributed by atoms with E-state index in [-0.39, 0.29) is 0 Å². The molecule has 0 bridgehead atoms. The SMILES string of the molecule is Cc1cccc2[nH+]c3ccccc3c(Nc3ccc(NS(C)(=O)=O)cc3)c12. The van der Waals surface area contributed by atoms with Crippen LogP contribution in [0.3, 0.4) is 0 Å². The third-order valence-electron chi connectivity index (χ3n) is 4.45. The van der Waals surface area contributed by atoms with Crippen molar-refractivity contribution in [2.24, 2.45) is 0 Å². The van der Waals surface area contributed by atoms with Crippen molar-refractivity contribution < 1.29 is 13.4 Å². The van der Waals surface area contributed by atoms with Crippen molar-refractivity contribution in [3.8, 4) is 0 Å². The fraction of sp³-hybridized carbons (Fsp3) is 0.0952. The quantitative estimate of drug-likeness (QED) is 0.522. The summed E-state index contributed by atoms with van der Waals surface area (Å²) in [6.45, 7) is 2.09. The van der Waals surface area contributed by atoms with Gasteiger partial charge in [0.25, 0.3) is 0 Å². The van der Waals surface area contributed by atoms with Gasteiger partial charge in [-0.1, -0.05) is 24.3 Å². The predicted molar refractivity (Wildman–Crippen MR) is 111 cm³/mol. The molecule has 4 rings (SSSR count). The monoisotopic (exact) mass is 378 g/mol. The second-order valence-electron chi connectivity index (χ2n) is 6.62. The van der Waals surface area contributed by atoms with Crippen LogP contribution in [0.25, 0.3) is 21.8 Å². The number of para-hydroxylation sites is 1. The Morgan fingerprint density at radius 3 is 2.22 bits per heavy atom. The van der Waals surface area contributed by atoms with Crippen molar-refractivity contribution in [2.45, 2.75) is 6.92 Å². The molecule has 0 fully saturated rings. The van der Waals surface area contributed by atoms with Gasteiger partial charge in [-0.15, -0.1) is 0 Å². The molecule has 0 aliphatic rings. The highest BCUT2D eigenvalue weighted by Crippen LogP contribution is 2.33. The van der Waals surface area contributed by atoms with E-state index >= 15 is 0 Å². The Balaban J connectivity index is 1.83. The zero-order valence-corrected chi connectivity index (χ0v) is 15.9. The van der Waals surface area contributed by atoms with Crippen LogP contribution < -0.4 is 15.0 Å². The third-order valence-corrected chi connectivity index (χ3v) is 5.05. The molecule has 0 saturated heterocycles. The third kappa shape index (κ3) is 3.57. The molecule has 0 aliphatic heterocycles. The molecule has 0 radical (unpaired) electrons. The fourth-order valence-corrected chi connectivity index (χ4v) is 3.87. The van der Waals surface area contributed by atoms with Crippen LogP contribution >= 0.6 is 0 Å². The molecular weight excluding hydrogens is 358 g/mol. The van der Waals surface area contributed by atoms with Crippen molar-refractivity contribution >= 4 is 48.9 Å². The van der Waals surface area contributed by atoms with Crippen LogP contribution in [0.2, 0.25) is 0 Å². The van der Waals surface area contributed by atoms with Crippen LogP contribution in [0.15, 0.2) is 66.7 Å². The van der Waals surface area contributed by atoms with Crippen molar-refractivity contribution in [1.82, 2.24) is 0 Å². The normalized spacial score (nSPS) is 11.6. The molecule has 1 aromatic heterocycles. The molecule has 3 aromatic carbocycles. The minimum atomic E-state index is -3.29. The number of benzene rings is 3. The molecule has 1 heterocycles. The van der Waals surface area contributed by atoms with E-state index in [1.807, 2.05) is 30.3 Å². The standard InChI is InChI=1S/C21H19N3O2S/c1-14-6-5-9-19-20(14)21(17-7-3-4-8-18(17)23-19)22-15-10-12-16(13-11-15)24-27(2,25)26/h3-13,24H,1-2H3,(H,22,23)/p+1. The number of hydrogen-bond donors (Lipinski definition) is 2. The van der Waals surface area contributed by atoms with E-state index in [9.17, 15) is 8.42 Å². The van der Waals surface area contributed by atoms with Crippen LogP contribution in [-0.2, 0) is 10.0 Å². The second kappa shape index (κ2) is 6.55. The Morgan fingerprint density at radius 2 is 1.48 bits per heavy atom. The van der Waals surface area contributed by atoms with E-state index in [1.54, 1.807) is 12.1 Å². The van der Waals surface area contributed by atoms with Crippen molar-refractivity contribution in [3.63, 3.8) is 0 Å². The van der Waals surface area contributed by atoms with Crippen LogP contribution in [0, 0.1) is 6.92 Å². The zero-order chi connectivity index (χ0) is 19.0. The summed E-state index contributed by atoms with van der Waals surface area (Å²) in [7, 11) is -3.29. The molecule has 27 heavy (non-hydrogen) atoms. The Kier molecular flexibility index (Phi) is 4.20. The molecule has 0 unspecified atom stereocenters. The molecule has 0 saturated carbocycles. The first-order valence-corrected chi connectivity index (χ1v) is 10.5. The molecule has 3 N–H and O–H groups in total. The maximum atomic E-state index is 11.4. The molecule has 0 aliphatic carbocycles. The van der Waals surface area contributed by atoms with Crippen LogP contribution in [-0.4, -0.2) is 14.7 Å². The Labute approximate surface area is 158 Å². The highest BCUT2D eigenvalue weighted by atomic mass is 32.2. The smallest absolute Gasteiger partial charge is 0.229 e. The molecule has 4 aromatic rings. The maximum absolute atomic E-state index is 11.4. The van der Waals surface area contributed by atoms with Gasteiger partial charge in [0.2, 0.25) is 21.1 Å². The van der Waals surface area contributed by atoms with Crippen molar-refractivity contribution in [2.75, 3.05) is 16.3 Å². The maximum Gasteiger partial charge on any atom is 0.229 e. The van der Waals surface area contributed by atoms with Crippen molar-refractivity contribution in [1.29, 1.82) is 0 Å². The molecule has 5 nitrogen and oxygen atoms in total. The number of H-pyrrole nitrogens is 1. The van der Waals surface area contributed by atoms with Gasteiger partial charge in [0.1, 0.15) is 0 Å². The number of rotatable bonds is 4. The number of anilines is 3. The number of aromatic nitrogens is 1. The topological polar surface area (TPSA) is 72.3 Å². The van der Waals surface area contributed by atoms with E-state index in [0.717, 1.165) is 39.4 Å². The average Bonchev–Trinajstić information content (AvgIpc) is 2.62. The van der Waals surface area contributed by atoms with E-state index in [4.69, 9.17) is 0 Å². The summed E-state index contributed by atoms with van der Waals surface area (Å²) in [4.78, 5) is 3.49. The number of pyridine rings is 1. The second-order valence-corrected chi connectivity index (χ2v) is 8.37. The minimum absolute atomic E-state index is 0.537. The zero-order valence-electron chi connectivity index (χ0n) is 15.1. The largest absolute Gasteiger partial charge is 0.354 e. The lowest BCUT2D eigenvalue weighted by Crippen LogP contribution is -2.10. The van der Waals surface area contributed by atoms with E-state index < -0.39 is 10.0 Å². The van der Waals surface area contributed by atoms with Crippen LogP contribution in [0.5, 0.6) is 0 Å². The van der Waals surface area contributed by atoms with Gasteiger partial charge < -0.3 is 5.32 Å². The molecule has 0 atom stereocenters. The molecule has 0 spiro atoms. The first-order valence-electron chi connectivity index (χ1n) is 8.59. The molecule has 6 heteroatoms. The highest BCUT2D eigenvalue weighted by molar-refractivity contribution is 7.92. The lowest BCUT2D eigenvalue weighted by atomic mass is 10.0. The van der Waals surface area contributed by atoms with Gasteiger partial charge in [-0.25, -0.2) is 13.4 Å². The molecule has 0 amide bonds. The Bertz CT molecular complexity index is 1250. The summed E-state index contributed by atoms with van der Waals surface area (Å²) in [6, 6.07) is 21.6. The van der Waals surface area contributed by atoms with E-state index in [1.165, 1.54) is 5.56 Å². The van der Waals surface area contributed by atoms with Crippen molar-refractivity contribution in [3.05, 3.63) is 72.3 Å². The lowest BCUT2D eigenvalue weighted by Gasteiger charge is -2.13. The van der Waals surface area contributed by atoms with Gasteiger partial charge in [-0.3, -0.25) is 4.72 Å². The first-order chi connectivity index (χ1) is 12.9. The molecule has 136 valence electrons.